The van der Waals surface area contributed by atoms with Crippen molar-refractivity contribution in [3.05, 3.63) is 11.8 Å². The number of hydrogen-bond acceptors (Lipinski definition) is 5. The Morgan fingerprint density at radius 1 is 1.47 bits per heavy atom. The molecule has 0 atom stereocenters. The number of anilines is 1. The molecule has 1 N–H and O–H groups in total. The van der Waals surface area contributed by atoms with Crippen LogP contribution in [0.4, 0.5) is 5.95 Å². The van der Waals surface area contributed by atoms with Crippen LogP contribution >= 0.6 is 0 Å². The molecule has 0 spiro atoms. The fourth-order valence-electron chi connectivity index (χ4n) is 1.74. The minimum absolute atomic E-state index is 0.215. The second-order valence-corrected chi connectivity index (χ2v) is 4.14. The van der Waals surface area contributed by atoms with Crippen LogP contribution in [0.2, 0.25) is 0 Å². The Bertz CT molecular complexity index is 365. The van der Waals surface area contributed by atoms with Crippen molar-refractivity contribution in [2.24, 2.45) is 0 Å². The Hall–Kier alpha value is -1.36. The van der Waals surface area contributed by atoms with Gasteiger partial charge in [-0.1, -0.05) is 0 Å². The van der Waals surface area contributed by atoms with E-state index < -0.39 is 0 Å². The van der Waals surface area contributed by atoms with Crippen LogP contribution in [0.15, 0.2) is 6.20 Å². The molecule has 0 amide bonds. The zero-order valence-corrected chi connectivity index (χ0v) is 10.4. The highest BCUT2D eigenvalue weighted by molar-refractivity contribution is 5.32. The summed E-state index contributed by atoms with van der Waals surface area (Å²) in [4.78, 5) is 8.57. The summed E-state index contributed by atoms with van der Waals surface area (Å²) in [6.07, 6.45) is 3.87. The van der Waals surface area contributed by atoms with E-state index in [1.807, 2.05) is 13.8 Å². The van der Waals surface area contributed by atoms with E-state index in [0.717, 1.165) is 38.2 Å². The molecule has 5 nitrogen and oxygen atoms in total. The van der Waals surface area contributed by atoms with Gasteiger partial charge in [-0.3, -0.25) is 0 Å². The number of nitrogens with one attached hydrogen (secondary N) is 1. The molecule has 5 heteroatoms. The van der Waals surface area contributed by atoms with E-state index in [1.54, 1.807) is 6.20 Å². The van der Waals surface area contributed by atoms with E-state index in [-0.39, 0.29) is 6.10 Å². The van der Waals surface area contributed by atoms with Gasteiger partial charge < -0.3 is 14.8 Å². The van der Waals surface area contributed by atoms with E-state index in [0.29, 0.717) is 11.8 Å². The lowest BCUT2D eigenvalue weighted by atomic mass is 10.1. The summed E-state index contributed by atoms with van der Waals surface area (Å²) >= 11 is 0. The average molecular weight is 237 g/mol. The summed E-state index contributed by atoms with van der Waals surface area (Å²) in [7, 11) is 0. The number of nitrogens with zero attached hydrogens (tertiary/aromatic N) is 2. The molecule has 0 bridgehead atoms. The molecule has 1 aliphatic heterocycles. The first-order valence-corrected chi connectivity index (χ1v) is 6.11. The quantitative estimate of drug-likeness (QED) is 0.865. The number of aromatic nitrogens is 2. The third-order valence-corrected chi connectivity index (χ3v) is 2.71. The standard InChI is InChI=1S/C12H19N3O2/c1-3-13-12-14-8-9(2)11(15-12)17-10-4-6-16-7-5-10/h8,10H,3-7H2,1-2H3,(H,13,14,15). The van der Waals surface area contributed by atoms with Crippen LogP contribution in [-0.2, 0) is 4.74 Å². The van der Waals surface area contributed by atoms with Crippen LogP contribution < -0.4 is 10.1 Å². The van der Waals surface area contributed by atoms with Crippen molar-refractivity contribution < 1.29 is 9.47 Å². The Balaban J connectivity index is 2.04. The van der Waals surface area contributed by atoms with E-state index >= 15 is 0 Å². The van der Waals surface area contributed by atoms with Crippen molar-refractivity contribution in [3.8, 4) is 5.88 Å². The first kappa shape index (κ1) is 12.1. The van der Waals surface area contributed by atoms with Crippen molar-refractivity contribution in [3.63, 3.8) is 0 Å². The van der Waals surface area contributed by atoms with Gasteiger partial charge in [0.2, 0.25) is 11.8 Å². The van der Waals surface area contributed by atoms with Gasteiger partial charge in [0, 0.05) is 31.1 Å². The summed E-state index contributed by atoms with van der Waals surface area (Å²) < 4.78 is 11.2. The van der Waals surface area contributed by atoms with Gasteiger partial charge in [0.1, 0.15) is 6.10 Å². The van der Waals surface area contributed by atoms with Crippen molar-refractivity contribution in [2.75, 3.05) is 25.1 Å². The summed E-state index contributed by atoms with van der Waals surface area (Å²) in [5.41, 5.74) is 0.971. The Morgan fingerprint density at radius 3 is 2.94 bits per heavy atom. The monoisotopic (exact) mass is 237 g/mol. The van der Waals surface area contributed by atoms with Crippen LogP contribution in [0.3, 0.4) is 0 Å². The summed E-state index contributed by atoms with van der Waals surface area (Å²) in [5.74, 6) is 1.31. The summed E-state index contributed by atoms with van der Waals surface area (Å²) in [6, 6.07) is 0. The average Bonchev–Trinajstić information content (AvgIpc) is 2.35. The van der Waals surface area contributed by atoms with Gasteiger partial charge in [0.15, 0.2) is 0 Å². The lowest BCUT2D eigenvalue weighted by Gasteiger charge is -2.23. The van der Waals surface area contributed by atoms with Gasteiger partial charge in [-0.2, -0.15) is 4.98 Å². The summed E-state index contributed by atoms with van der Waals surface area (Å²) in [6.45, 7) is 6.33. The maximum absolute atomic E-state index is 5.90. The normalized spacial score (nSPS) is 16.8. The van der Waals surface area contributed by atoms with Crippen LogP contribution in [0.1, 0.15) is 25.3 Å². The van der Waals surface area contributed by atoms with E-state index in [4.69, 9.17) is 9.47 Å². The lowest BCUT2D eigenvalue weighted by molar-refractivity contribution is 0.0234. The van der Waals surface area contributed by atoms with E-state index in [9.17, 15) is 0 Å². The number of aryl methyl sites for hydroxylation is 1. The fraction of sp³-hybridized carbons (Fsp3) is 0.667. The highest BCUT2D eigenvalue weighted by Gasteiger charge is 2.17. The molecule has 2 rings (SSSR count). The van der Waals surface area contributed by atoms with Gasteiger partial charge in [0.05, 0.1) is 13.2 Å². The molecule has 0 saturated carbocycles. The number of hydrogen-bond donors (Lipinski definition) is 1. The van der Waals surface area contributed by atoms with E-state index in [2.05, 4.69) is 15.3 Å². The maximum atomic E-state index is 5.90. The van der Waals surface area contributed by atoms with Crippen molar-refractivity contribution in [2.45, 2.75) is 32.8 Å². The van der Waals surface area contributed by atoms with Gasteiger partial charge in [0.25, 0.3) is 0 Å². The molecule has 0 unspecified atom stereocenters. The lowest BCUT2D eigenvalue weighted by Crippen LogP contribution is -2.26. The second-order valence-electron chi connectivity index (χ2n) is 4.14. The smallest absolute Gasteiger partial charge is 0.225 e. The minimum atomic E-state index is 0.215. The van der Waals surface area contributed by atoms with Crippen molar-refractivity contribution >= 4 is 5.95 Å². The molecule has 0 radical (unpaired) electrons. The first-order valence-electron chi connectivity index (χ1n) is 6.11. The molecule has 94 valence electrons. The number of rotatable bonds is 4. The third kappa shape index (κ3) is 3.30. The topological polar surface area (TPSA) is 56.3 Å². The molecule has 2 heterocycles. The highest BCUT2D eigenvalue weighted by Crippen LogP contribution is 2.20. The molecule has 0 aliphatic carbocycles. The van der Waals surface area contributed by atoms with Crippen molar-refractivity contribution in [1.29, 1.82) is 0 Å². The number of ether oxygens (including phenoxy) is 2. The molecule has 1 saturated heterocycles. The molecular formula is C12H19N3O2. The predicted octanol–water partition coefficient (Wildman–Crippen LogP) is 1.77. The van der Waals surface area contributed by atoms with Gasteiger partial charge in [-0.05, 0) is 13.8 Å². The molecule has 1 aromatic rings. The molecular weight excluding hydrogens is 218 g/mol. The molecule has 1 aliphatic rings. The van der Waals surface area contributed by atoms with Crippen LogP contribution in [0, 0.1) is 6.92 Å². The van der Waals surface area contributed by atoms with Crippen LogP contribution in [-0.4, -0.2) is 35.8 Å². The van der Waals surface area contributed by atoms with Gasteiger partial charge >= 0.3 is 0 Å². The highest BCUT2D eigenvalue weighted by atomic mass is 16.5. The third-order valence-electron chi connectivity index (χ3n) is 2.71. The maximum Gasteiger partial charge on any atom is 0.225 e. The van der Waals surface area contributed by atoms with Crippen LogP contribution in [0.5, 0.6) is 5.88 Å². The molecule has 0 aromatic carbocycles. The first-order chi connectivity index (χ1) is 8.29. The Morgan fingerprint density at radius 2 is 2.24 bits per heavy atom. The largest absolute Gasteiger partial charge is 0.474 e. The zero-order chi connectivity index (χ0) is 12.1. The predicted molar refractivity (Wildman–Crippen MR) is 65.4 cm³/mol. The SMILES string of the molecule is CCNc1ncc(C)c(OC2CCOCC2)n1. The zero-order valence-electron chi connectivity index (χ0n) is 10.4. The minimum Gasteiger partial charge on any atom is -0.474 e. The summed E-state index contributed by atoms with van der Waals surface area (Å²) in [5, 5.41) is 3.09. The van der Waals surface area contributed by atoms with E-state index in [1.165, 1.54) is 0 Å². The molecule has 1 aromatic heterocycles. The van der Waals surface area contributed by atoms with Gasteiger partial charge in [-0.15, -0.1) is 0 Å². The Labute approximate surface area is 102 Å². The fourth-order valence-corrected chi connectivity index (χ4v) is 1.74. The molecule has 17 heavy (non-hydrogen) atoms. The van der Waals surface area contributed by atoms with Gasteiger partial charge in [-0.25, -0.2) is 4.98 Å². The Kier molecular flexibility index (Phi) is 4.14. The second kappa shape index (κ2) is 5.82. The molecule has 1 fully saturated rings. The van der Waals surface area contributed by atoms with Crippen LogP contribution in [0.25, 0.3) is 0 Å². The van der Waals surface area contributed by atoms with Crippen molar-refractivity contribution in [1.82, 2.24) is 9.97 Å².